The molecule has 4 saturated carbocycles. The van der Waals surface area contributed by atoms with Crippen LogP contribution in [0.2, 0.25) is 0 Å². The van der Waals surface area contributed by atoms with Crippen molar-refractivity contribution in [2.24, 2.45) is 23.2 Å². The summed E-state index contributed by atoms with van der Waals surface area (Å²) in [7, 11) is 1.51. The van der Waals surface area contributed by atoms with Crippen molar-refractivity contribution in [3.05, 3.63) is 34.9 Å². The summed E-state index contributed by atoms with van der Waals surface area (Å²) < 4.78 is 17.9. The Labute approximate surface area is 252 Å². The lowest BCUT2D eigenvalue weighted by Crippen LogP contribution is -2.61. The fourth-order valence-corrected chi connectivity index (χ4v) is 9.75. The Bertz CT molecular complexity index is 1250. The van der Waals surface area contributed by atoms with E-state index in [4.69, 9.17) is 14.2 Å². The van der Waals surface area contributed by atoms with Crippen LogP contribution < -0.4 is 14.8 Å². The Balaban J connectivity index is 1.29. The highest BCUT2D eigenvalue weighted by Crippen LogP contribution is 2.60. The van der Waals surface area contributed by atoms with Crippen LogP contribution in [0, 0.1) is 23.2 Å². The summed E-state index contributed by atoms with van der Waals surface area (Å²) >= 11 is 0. The van der Waals surface area contributed by atoms with Crippen LogP contribution in [0.3, 0.4) is 0 Å². The van der Waals surface area contributed by atoms with Crippen LogP contribution in [0.25, 0.3) is 0 Å². The monoisotopic (exact) mass is 596 g/mol. The van der Waals surface area contributed by atoms with Crippen molar-refractivity contribution < 1.29 is 39.1 Å². The highest BCUT2D eigenvalue weighted by molar-refractivity contribution is 5.96. The third-order valence-corrected chi connectivity index (χ3v) is 11.0. The lowest BCUT2D eigenvalue weighted by atomic mass is 9.49. The number of nitrogens with one attached hydrogen (secondary N) is 1. The third kappa shape index (κ3) is 5.04. The van der Waals surface area contributed by atoms with Gasteiger partial charge in [0.2, 0.25) is 5.91 Å². The van der Waals surface area contributed by atoms with Gasteiger partial charge in [-0.1, -0.05) is 0 Å². The Hall–Kier alpha value is -2.66. The van der Waals surface area contributed by atoms with E-state index < -0.39 is 30.3 Å². The maximum absolute atomic E-state index is 14.3. The van der Waals surface area contributed by atoms with Gasteiger partial charge < -0.3 is 39.7 Å². The van der Waals surface area contributed by atoms with Crippen LogP contribution >= 0.6 is 0 Å². The fraction of sp³-hybridized carbons (Fsp3) is 0.697. The van der Waals surface area contributed by atoms with E-state index in [-0.39, 0.29) is 37.0 Å². The Kier molecular flexibility index (Phi) is 7.68. The van der Waals surface area contributed by atoms with Gasteiger partial charge in [0.25, 0.3) is 5.91 Å². The van der Waals surface area contributed by atoms with Crippen LogP contribution in [0.5, 0.6) is 11.5 Å². The minimum atomic E-state index is -1.12. The minimum absolute atomic E-state index is 0.00543. The molecule has 1 saturated heterocycles. The van der Waals surface area contributed by atoms with E-state index in [0.29, 0.717) is 65.5 Å². The largest absolute Gasteiger partial charge is 0.493 e. The molecule has 1 aromatic carbocycles. The first-order valence-corrected chi connectivity index (χ1v) is 16.0. The summed E-state index contributed by atoms with van der Waals surface area (Å²) in [6.45, 7) is 0.693. The first-order chi connectivity index (χ1) is 20.8. The molecule has 1 aromatic rings. The molecule has 1 unspecified atom stereocenters. The summed E-state index contributed by atoms with van der Waals surface area (Å²) in [6, 6.07) is 2.68. The van der Waals surface area contributed by atoms with Gasteiger partial charge in [-0.05, 0) is 98.3 Å². The van der Waals surface area contributed by atoms with Crippen molar-refractivity contribution in [1.82, 2.24) is 10.2 Å². The van der Waals surface area contributed by atoms with Gasteiger partial charge >= 0.3 is 0 Å². The number of hydrogen-bond acceptors (Lipinski definition) is 8. The van der Waals surface area contributed by atoms with Crippen LogP contribution in [0.15, 0.2) is 23.8 Å². The van der Waals surface area contributed by atoms with Crippen molar-refractivity contribution in [2.75, 3.05) is 33.4 Å². The van der Waals surface area contributed by atoms with E-state index in [0.717, 1.165) is 25.7 Å². The molecular weight excluding hydrogens is 552 g/mol. The first kappa shape index (κ1) is 29.1. The second-order valence-corrected chi connectivity index (χ2v) is 13.9. The SMILES string of the molecule is COc1cc(CO)cc2c1O[C@@H]1[C@@H](O)[C@H](N(CC34CC5CC(CC(C5)C3)C4)C(=O)C3CCCO3)C=C(C(=O)NCCO)[C@H]21. The van der Waals surface area contributed by atoms with Crippen LogP contribution in [-0.4, -0.2) is 89.8 Å². The number of rotatable bonds is 9. The number of aliphatic hydroxyl groups is 3. The smallest absolute Gasteiger partial charge is 0.252 e. The lowest BCUT2D eigenvalue weighted by molar-refractivity contribution is -0.154. The predicted molar refractivity (Wildman–Crippen MR) is 155 cm³/mol. The summed E-state index contributed by atoms with van der Waals surface area (Å²) in [5.41, 5.74) is 1.63. The Morgan fingerprint density at radius 3 is 2.44 bits per heavy atom. The van der Waals surface area contributed by atoms with Gasteiger partial charge in [-0.25, -0.2) is 0 Å². The van der Waals surface area contributed by atoms with Crippen LogP contribution in [0.1, 0.15) is 68.4 Å². The molecule has 10 heteroatoms. The number of ether oxygens (including phenoxy) is 3. The van der Waals surface area contributed by atoms with Crippen LogP contribution in [-0.2, 0) is 20.9 Å². The maximum Gasteiger partial charge on any atom is 0.252 e. The van der Waals surface area contributed by atoms with Gasteiger partial charge in [-0.15, -0.1) is 0 Å². The van der Waals surface area contributed by atoms with Crippen LogP contribution in [0.4, 0.5) is 0 Å². The minimum Gasteiger partial charge on any atom is -0.493 e. The summed E-state index contributed by atoms with van der Waals surface area (Å²) in [5, 5.41) is 34.3. The van der Waals surface area contributed by atoms with E-state index in [1.54, 1.807) is 18.2 Å². The number of nitrogens with zero attached hydrogens (tertiary/aromatic N) is 1. The van der Waals surface area contributed by atoms with E-state index in [1.807, 2.05) is 4.90 Å². The zero-order valence-corrected chi connectivity index (χ0v) is 24.9. The molecule has 5 aliphatic carbocycles. The molecule has 10 nitrogen and oxygen atoms in total. The van der Waals surface area contributed by atoms with Crippen molar-refractivity contribution in [3.63, 3.8) is 0 Å². The highest BCUT2D eigenvalue weighted by Gasteiger charge is 2.56. The van der Waals surface area contributed by atoms with E-state index in [9.17, 15) is 24.9 Å². The van der Waals surface area contributed by atoms with Crippen molar-refractivity contribution in [2.45, 2.75) is 88.2 Å². The number of methoxy groups -OCH3 is 1. The fourth-order valence-electron chi connectivity index (χ4n) is 9.75. The molecule has 4 bridgehead atoms. The second kappa shape index (κ2) is 11.4. The van der Waals surface area contributed by atoms with Crippen molar-refractivity contribution in [1.29, 1.82) is 0 Å². The molecule has 43 heavy (non-hydrogen) atoms. The summed E-state index contributed by atoms with van der Waals surface area (Å²) in [4.78, 5) is 29.8. The number of aliphatic hydroxyl groups excluding tert-OH is 3. The molecule has 4 N–H and O–H groups in total. The van der Waals surface area contributed by atoms with Gasteiger partial charge in [0.05, 0.1) is 32.3 Å². The van der Waals surface area contributed by atoms with Crippen molar-refractivity contribution >= 4 is 11.8 Å². The molecule has 0 radical (unpaired) electrons. The second-order valence-electron chi connectivity index (χ2n) is 13.9. The zero-order chi connectivity index (χ0) is 29.9. The van der Waals surface area contributed by atoms with E-state index in [1.165, 1.54) is 26.4 Å². The highest BCUT2D eigenvalue weighted by atomic mass is 16.5. The zero-order valence-electron chi connectivity index (χ0n) is 24.9. The maximum atomic E-state index is 14.3. The molecule has 2 heterocycles. The molecule has 0 aromatic heterocycles. The standard InChI is InChI=1S/C33H44N2O8/c1-41-26-11-21(16-37)10-22-27-23(31(39)34-4-5-36)12-24(28(38)30(27)43-29(22)26)35(32(40)25-3-2-6-42-25)17-33-13-18-7-19(14-33)9-20(8-18)15-33/h10-12,18-20,24-25,27-28,30,36-38H,2-9,13-17H2,1H3,(H,34,39)/t18?,19?,20?,24-,25?,27+,28+,30+,33?/m1/s1. The van der Waals surface area contributed by atoms with Gasteiger partial charge in [-0.2, -0.15) is 0 Å². The molecule has 2 amide bonds. The van der Waals surface area contributed by atoms with Gasteiger partial charge in [0.15, 0.2) is 11.5 Å². The van der Waals surface area contributed by atoms with Gasteiger partial charge in [0.1, 0.15) is 18.3 Å². The third-order valence-electron chi connectivity index (χ3n) is 11.0. The molecule has 0 spiro atoms. The van der Waals surface area contributed by atoms with E-state index in [2.05, 4.69) is 5.32 Å². The topological polar surface area (TPSA) is 138 Å². The number of carbonyl (C=O) groups is 2. The summed E-state index contributed by atoms with van der Waals surface area (Å²) in [6.07, 6.45) is 7.83. The number of benzene rings is 1. The average Bonchev–Trinajstić information content (AvgIpc) is 3.67. The molecule has 2 aliphatic heterocycles. The Morgan fingerprint density at radius 1 is 1.12 bits per heavy atom. The number of amides is 2. The molecule has 7 aliphatic rings. The van der Waals surface area contributed by atoms with E-state index >= 15 is 0 Å². The molecule has 5 atom stereocenters. The quantitative estimate of drug-likeness (QED) is 0.340. The normalized spacial score (nSPS) is 36.9. The van der Waals surface area contributed by atoms with Crippen molar-refractivity contribution in [3.8, 4) is 11.5 Å². The molecule has 234 valence electrons. The summed E-state index contributed by atoms with van der Waals surface area (Å²) in [5.74, 6) is 1.78. The number of fused-ring (bicyclic) bond motifs is 3. The average molecular weight is 597 g/mol. The number of carbonyl (C=O) groups excluding carboxylic acids is 2. The molecule has 5 fully saturated rings. The molecular formula is C33H44N2O8. The van der Waals surface area contributed by atoms with Gasteiger partial charge in [-0.3, -0.25) is 9.59 Å². The van der Waals surface area contributed by atoms with Gasteiger partial charge in [0, 0.05) is 30.8 Å². The molecule has 8 rings (SSSR count). The number of hydrogen-bond donors (Lipinski definition) is 4. The Morgan fingerprint density at radius 2 is 1.84 bits per heavy atom. The first-order valence-electron chi connectivity index (χ1n) is 16.0. The predicted octanol–water partition coefficient (Wildman–Crippen LogP) is 2.03. The lowest BCUT2D eigenvalue weighted by Gasteiger charge is -2.58.